The minimum absolute atomic E-state index is 0.132. The van der Waals surface area contributed by atoms with Gasteiger partial charge in [-0.1, -0.05) is 6.92 Å². The molecule has 2 aromatic rings. The third-order valence-electron chi connectivity index (χ3n) is 3.59. The molecule has 0 aliphatic heterocycles. The summed E-state index contributed by atoms with van der Waals surface area (Å²) in [7, 11) is 1.71. The Morgan fingerprint density at radius 2 is 2.04 bits per heavy atom. The minimum atomic E-state index is -0.238. The van der Waals surface area contributed by atoms with Crippen molar-refractivity contribution in [3.05, 3.63) is 40.4 Å². The van der Waals surface area contributed by atoms with E-state index in [1.807, 2.05) is 39.8 Å². The quantitative estimate of drug-likeness (QED) is 0.676. The predicted molar refractivity (Wildman–Crippen MR) is 94.0 cm³/mol. The second kappa shape index (κ2) is 6.77. The van der Waals surface area contributed by atoms with Crippen molar-refractivity contribution >= 4 is 16.6 Å². The minimum Gasteiger partial charge on any atom is -0.482 e. The molecule has 2 rings (SSSR count). The molecule has 5 heteroatoms. The summed E-state index contributed by atoms with van der Waals surface area (Å²) in [5, 5.41) is 0.796. The summed E-state index contributed by atoms with van der Waals surface area (Å²) in [6, 6.07) is 5.42. The Morgan fingerprint density at radius 3 is 2.61 bits per heavy atom. The van der Waals surface area contributed by atoms with Crippen molar-refractivity contribution in [1.29, 1.82) is 0 Å². The number of fused-ring (bicyclic) bond motifs is 1. The first kappa shape index (κ1) is 16.9. The zero-order valence-corrected chi connectivity index (χ0v) is 14.3. The first-order valence-corrected chi connectivity index (χ1v) is 7.80. The number of ether oxygens (including phenoxy) is 2. The SMILES string of the molecule is CC=C(CC)Oc1c(OC(C)C)c(=O)n(C)c2cc(N)ccc12. The van der Waals surface area contributed by atoms with Gasteiger partial charge in [-0.15, -0.1) is 0 Å². The van der Waals surface area contributed by atoms with Gasteiger partial charge >= 0.3 is 0 Å². The summed E-state index contributed by atoms with van der Waals surface area (Å²) in [5.41, 5.74) is 6.94. The van der Waals surface area contributed by atoms with Gasteiger partial charge in [-0.25, -0.2) is 0 Å². The predicted octanol–water partition coefficient (Wildman–Crippen LogP) is 3.60. The molecule has 0 amide bonds. The van der Waals surface area contributed by atoms with Crippen LogP contribution in [0.2, 0.25) is 0 Å². The van der Waals surface area contributed by atoms with Gasteiger partial charge in [0.25, 0.3) is 5.56 Å². The lowest BCUT2D eigenvalue weighted by Gasteiger charge is -2.19. The normalized spacial score (nSPS) is 12.0. The Hall–Kier alpha value is -2.43. The zero-order valence-electron chi connectivity index (χ0n) is 14.3. The monoisotopic (exact) mass is 316 g/mol. The van der Waals surface area contributed by atoms with Crippen molar-refractivity contribution in [3.63, 3.8) is 0 Å². The standard InChI is InChI=1S/C18H24N2O3/c1-6-13(7-2)23-16-14-9-8-12(19)10-15(14)20(5)18(21)17(16)22-11(3)4/h6,8-11H,7,19H2,1-5H3. The number of hydrogen-bond donors (Lipinski definition) is 1. The van der Waals surface area contributed by atoms with Gasteiger partial charge in [0, 0.05) is 24.5 Å². The van der Waals surface area contributed by atoms with Crippen LogP contribution in [0.4, 0.5) is 5.69 Å². The van der Waals surface area contributed by atoms with Crippen molar-refractivity contribution < 1.29 is 9.47 Å². The van der Waals surface area contributed by atoms with E-state index in [0.29, 0.717) is 17.0 Å². The largest absolute Gasteiger partial charge is 0.482 e. The molecule has 0 spiro atoms. The summed E-state index contributed by atoms with van der Waals surface area (Å²) >= 11 is 0. The number of hydrogen-bond acceptors (Lipinski definition) is 4. The van der Waals surface area contributed by atoms with Crippen LogP contribution in [0.5, 0.6) is 11.5 Å². The smallest absolute Gasteiger partial charge is 0.297 e. The van der Waals surface area contributed by atoms with Gasteiger partial charge in [-0.05, 0) is 45.0 Å². The molecule has 0 atom stereocenters. The fourth-order valence-corrected chi connectivity index (χ4v) is 2.41. The fourth-order valence-electron chi connectivity index (χ4n) is 2.41. The second-order valence-electron chi connectivity index (χ2n) is 5.68. The van der Waals surface area contributed by atoms with Crippen molar-refractivity contribution in [2.24, 2.45) is 7.05 Å². The maximum absolute atomic E-state index is 12.7. The molecule has 0 fully saturated rings. The lowest BCUT2D eigenvalue weighted by Crippen LogP contribution is -2.23. The van der Waals surface area contributed by atoms with E-state index in [1.54, 1.807) is 19.2 Å². The third-order valence-corrected chi connectivity index (χ3v) is 3.59. The van der Waals surface area contributed by atoms with E-state index in [0.717, 1.165) is 17.6 Å². The highest BCUT2D eigenvalue weighted by molar-refractivity contribution is 5.90. The molecule has 0 aliphatic carbocycles. The molecular formula is C18H24N2O3. The first-order chi connectivity index (χ1) is 10.9. The lowest BCUT2D eigenvalue weighted by atomic mass is 10.1. The Balaban J connectivity index is 2.82. The summed E-state index contributed by atoms with van der Waals surface area (Å²) in [6.07, 6.45) is 2.48. The van der Waals surface area contributed by atoms with Gasteiger partial charge in [0.1, 0.15) is 0 Å². The number of aryl methyl sites for hydroxylation is 1. The van der Waals surface area contributed by atoms with Gasteiger partial charge in [0.2, 0.25) is 5.75 Å². The van der Waals surface area contributed by atoms with Crippen LogP contribution in [0.15, 0.2) is 34.8 Å². The fraction of sp³-hybridized carbons (Fsp3) is 0.389. The maximum atomic E-state index is 12.7. The molecule has 1 aromatic heterocycles. The van der Waals surface area contributed by atoms with Crippen molar-refractivity contribution in [3.8, 4) is 11.5 Å². The van der Waals surface area contributed by atoms with Crippen molar-refractivity contribution in [1.82, 2.24) is 4.57 Å². The van der Waals surface area contributed by atoms with Crippen molar-refractivity contribution in [2.75, 3.05) is 5.73 Å². The number of anilines is 1. The molecule has 1 aromatic carbocycles. The van der Waals surface area contributed by atoms with Crippen molar-refractivity contribution in [2.45, 2.75) is 40.2 Å². The number of pyridine rings is 1. The Morgan fingerprint density at radius 1 is 1.35 bits per heavy atom. The van der Waals surface area contributed by atoms with E-state index in [9.17, 15) is 4.79 Å². The summed E-state index contributed by atoms with van der Waals surface area (Å²) in [6.45, 7) is 7.67. The topological polar surface area (TPSA) is 66.5 Å². The second-order valence-corrected chi connectivity index (χ2v) is 5.68. The summed E-state index contributed by atoms with van der Waals surface area (Å²) < 4.78 is 13.3. The van der Waals surface area contributed by atoms with Crippen LogP contribution >= 0.6 is 0 Å². The molecule has 0 unspecified atom stereocenters. The van der Waals surface area contributed by atoms with E-state index in [-0.39, 0.29) is 17.4 Å². The molecule has 1 heterocycles. The molecule has 0 saturated carbocycles. The van der Waals surface area contributed by atoms with Crippen LogP contribution in [0.3, 0.4) is 0 Å². The molecule has 0 aliphatic rings. The van der Waals surface area contributed by atoms with E-state index in [2.05, 4.69) is 0 Å². The van der Waals surface area contributed by atoms with Crippen LogP contribution in [0.1, 0.15) is 34.1 Å². The van der Waals surface area contributed by atoms with Gasteiger partial charge < -0.3 is 19.8 Å². The van der Waals surface area contributed by atoms with E-state index >= 15 is 0 Å². The average molecular weight is 316 g/mol. The third kappa shape index (κ3) is 3.33. The highest BCUT2D eigenvalue weighted by atomic mass is 16.5. The summed E-state index contributed by atoms with van der Waals surface area (Å²) in [4.78, 5) is 12.7. The lowest BCUT2D eigenvalue weighted by molar-refractivity contribution is 0.226. The van der Waals surface area contributed by atoms with Crippen LogP contribution in [-0.4, -0.2) is 10.7 Å². The van der Waals surface area contributed by atoms with E-state index in [4.69, 9.17) is 15.2 Å². The Labute approximate surface area is 136 Å². The van der Waals surface area contributed by atoms with Gasteiger partial charge in [0.05, 0.1) is 17.4 Å². The van der Waals surface area contributed by atoms with Crippen LogP contribution < -0.4 is 20.8 Å². The molecule has 0 bridgehead atoms. The summed E-state index contributed by atoms with van der Waals surface area (Å²) in [5.74, 6) is 1.46. The van der Waals surface area contributed by atoms with Gasteiger partial charge in [0.15, 0.2) is 5.75 Å². The zero-order chi connectivity index (χ0) is 17.1. The van der Waals surface area contributed by atoms with Crippen LogP contribution in [0.25, 0.3) is 10.9 Å². The first-order valence-electron chi connectivity index (χ1n) is 7.80. The number of benzene rings is 1. The number of allylic oxidation sites excluding steroid dienone is 2. The number of rotatable bonds is 5. The molecule has 23 heavy (non-hydrogen) atoms. The van der Waals surface area contributed by atoms with Crippen LogP contribution in [0, 0.1) is 0 Å². The molecule has 124 valence electrons. The Bertz CT molecular complexity index is 804. The average Bonchev–Trinajstić information content (AvgIpc) is 2.52. The molecule has 5 nitrogen and oxygen atoms in total. The maximum Gasteiger partial charge on any atom is 0.297 e. The molecule has 0 saturated heterocycles. The number of nitrogens with two attached hydrogens (primary N) is 1. The number of nitrogens with zero attached hydrogens (tertiary/aromatic N) is 1. The highest BCUT2D eigenvalue weighted by Gasteiger charge is 2.20. The van der Waals surface area contributed by atoms with Gasteiger partial charge in [-0.3, -0.25) is 4.79 Å². The van der Waals surface area contributed by atoms with E-state index < -0.39 is 0 Å². The van der Waals surface area contributed by atoms with E-state index in [1.165, 1.54) is 4.57 Å². The number of aromatic nitrogens is 1. The highest BCUT2D eigenvalue weighted by Crippen LogP contribution is 2.35. The Kier molecular flexibility index (Phi) is 4.98. The molecule has 2 N–H and O–H groups in total. The van der Waals surface area contributed by atoms with Crippen LogP contribution in [-0.2, 0) is 7.05 Å². The molecular weight excluding hydrogens is 292 g/mol. The number of nitrogen functional groups attached to an aromatic ring is 1. The van der Waals surface area contributed by atoms with Gasteiger partial charge in [-0.2, -0.15) is 0 Å². The molecule has 0 radical (unpaired) electrons.